The Labute approximate surface area is 42.9 Å². The van der Waals surface area contributed by atoms with Crippen molar-refractivity contribution < 1.29 is 9.32 Å². The second-order valence-corrected chi connectivity index (χ2v) is 1.83. The summed E-state index contributed by atoms with van der Waals surface area (Å²) in [7, 11) is -0.202. The van der Waals surface area contributed by atoms with Crippen LogP contribution in [-0.2, 0) is 0 Å². The zero-order valence-electron chi connectivity index (χ0n) is 3.46. The predicted molar refractivity (Wildman–Crippen MR) is 24.1 cm³/mol. The van der Waals surface area contributed by atoms with Crippen LogP contribution in [0.5, 0.6) is 0 Å². The minimum absolute atomic E-state index is 0.202. The molecule has 3 nitrogen and oxygen atoms in total. The fourth-order valence-electron chi connectivity index (χ4n) is 0.260. The normalized spacial score (nSPS) is 9.29. The monoisotopic (exact) mass is 113 g/mol. The summed E-state index contributed by atoms with van der Waals surface area (Å²) >= 11 is 0. The van der Waals surface area contributed by atoms with Crippen molar-refractivity contribution in [2.24, 2.45) is 0 Å². The van der Waals surface area contributed by atoms with E-state index in [9.17, 15) is 0 Å². The van der Waals surface area contributed by atoms with Gasteiger partial charge in [0, 0.05) is 5.19 Å². The summed E-state index contributed by atoms with van der Waals surface area (Å²) < 4.78 is 4.40. The lowest BCUT2D eigenvalue weighted by molar-refractivity contribution is 0.420. The molecule has 0 unspecified atom stereocenters. The summed E-state index contributed by atoms with van der Waals surface area (Å²) in [5.41, 5.74) is 0. The van der Waals surface area contributed by atoms with Gasteiger partial charge in [0.15, 0.2) is 0 Å². The number of rotatable bonds is 1. The molecule has 1 aromatic heterocycles. The topological polar surface area (TPSA) is 46.3 Å². The first-order chi connectivity index (χ1) is 3.43. The van der Waals surface area contributed by atoms with Gasteiger partial charge in [-0.3, -0.25) is 0 Å². The zero-order valence-corrected chi connectivity index (χ0v) is 4.46. The summed E-state index contributed by atoms with van der Waals surface area (Å²) in [5.74, 6) is 0. The van der Waals surface area contributed by atoms with E-state index in [0.717, 1.165) is 5.19 Å². The van der Waals surface area contributed by atoms with Crippen LogP contribution in [0.15, 0.2) is 17.0 Å². The van der Waals surface area contributed by atoms with Crippen molar-refractivity contribution in [3.63, 3.8) is 0 Å². The van der Waals surface area contributed by atoms with Crippen LogP contribution in [0.1, 0.15) is 0 Å². The molecule has 0 aromatic carbocycles. The van der Waals surface area contributed by atoms with Crippen LogP contribution in [0.3, 0.4) is 0 Å². The predicted octanol–water partition coefficient (Wildman–Crippen LogP) is -1.09. The molecular formula is C3H3NO2Si. The molecule has 0 aliphatic carbocycles. The van der Waals surface area contributed by atoms with Gasteiger partial charge in [-0.15, -0.1) is 0 Å². The molecule has 2 radical (unpaired) electrons. The lowest BCUT2D eigenvalue weighted by Crippen LogP contribution is -2.08. The minimum Gasteiger partial charge on any atom is -0.427 e. The summed E-state index contributed by atoms with van der Waals surface area (Å²) in [4.78, 5) is 8.35. The van der Waals surface area contributed by atoms with Crippen molar-refractivity contribution >= 4 is 14.9 Å². The van der Waals surface area contributed by atoms with Crippen molar-refractivity contribution in [2.45, 2.75) is 0 Å². The standard InChI is InChI=1S/C3H3NO2Si/c5-7-3-1-4-6-2-3/h1-2,5H. The van der Waals surface area contributed by atoms with Crippen LogP contribution >= 0.6 is 0 Å². The molecule has 1 aromatic rings. The van der Waals surface area contributed by atoms with E-state index in [4.69, 9.17) is 4.80 Å². The van der Waals surface area contributed by atoms with Crippen molar-refractivity contribution in [3.8, 4) is 0 Å². The van der Waals surface area contributed by atoms with Crippen molar-refractivity contribution in [1.29, 1.82) is 0 Å². The molecule has 1 rings (SSSR count). The second-order valence-electron chi connectivity index (χ2n) is 1.02. The van der Waals surface area contributed by atoms with E-state index in [1.165, 1.54) is 12.5 Å². The molecule has 1 heterocycles. The quantitative estimate of drug-likeness (QED) is 0.471. The number of nitrogens with zero attached hydrogens (tertiary/aromatic N) is 1. The molecule has 4 heteroatoms. The van der Waals surface area contributed by atoms with Crippen LogP contribution in [0.2, 0.25) is 0 Å². The lowest BCUT2D eigenvalue weighted by atomic mass is 10.8. The minimum atomic E-state index is -0.202. The largest absolute Gasteiger partial charge is 0.427 e. The summed E-state index contributed by atoms with van der Waals surface area (Å²) in [6, 6.07) is 0. The Morgan fingerprint density at radius 2 is 2.71 bits per heavy atom. The van der Waals surface area contributed by atoms with Crippen molar-refractivity contribution in [3.05, 3.63) is 12.5 Å². The van der Waals surface area contributed by atoms with E-state index >= 15 is 0 Å². The Bertz CT molecular complexity index is 127. The van der Waals surface area contributed by atoms with E-state index < -0.39 is 0 Å². The smallest absolute Gasteiger partial charge is 0.270 e. The molecule has 0 saturated carbocycles. The van der Waals surface area contributed by atoms with Crippen molar-refractivity contribution in [2.75, 3.05) is 0 Å². The average molecular weight is 113 g/mol. The van der Waals surface area contributed by atoms with E-state index in [1.54, 1.807) is 0 Å². The SMILES string of the molecule is O[Si]c1cnoc1. The summed E-state index contributed by atoms with van der Waals surface area (Å²) in [6.45, 7) is 0. The fraction of sp³-hybridized carbons (Fsp3) is 0. The number of aromatic nitrogens is 1. The fourth-order valence-corrected chi connectivity index (χ4v) is 0.476. The van der Waals surface area contributed by atoms with Gasteiger partial charge >= 0.3 is 0 Å². The molecule has 0 saturated heterocycles. The molecular weight excluding hydrogens is 110 g/mol. The first-order valence-corrected chi connectivity index (χ1v) is 2.67. The maximum absolute atomic E-state index is 8.35. The zero-order chi connectivity index (χ0) is 5.11. The lowest BCUT2D eigenvalue weighted by Gasteiger charge is -1.70. The van der Waals surface area contributed by atoms with Gasteiger partial charge in [-0.25, -0.2) is 0 Å². The molecule has 0 aliphatic rings. The second kappa shape index (κ2) is 1.90. The molecule has 1 N–H and O–H groups in total. The van der Waals surface area contributed by atoms with E-state index in [2.05, 4.69) is 9.68 Å². The Morgan fingerprint density at radius 3 is 3.00 bits per heavy atom. The molecule has 0 atom stereocenters. The number of hydrogen-bond donors (Lipinski definition) is 1. The molecule has 7 heavy (non-hydrogen) atoms. The summed E-state index contributed by atoms with van der Waals surface area (Å²) in [5, 5.41) is 4.10. The first-order valence-electron chi connectivity index (χ1n) is 1.73. The van der Waals surface area contributed by atoms with Gasteiger partial charge in [0.2, 0.25) is 0 Å². The highest BCUT2D eigenvalue weighted by Gasteiger charge is 1.90. The van der Waals surface area contributed by atoms with Gasteiger partial charge < -0.3 is 9.32 Å². The highest BCUT2D eigenvalue weighted by Crippen LogP contribution is 1.70. The third-order valence-corrected chi connectivity index (χ3v) is 1.07. The first kappa shape index (κ1) is 4.54. The van der Waals surface area contributed by atoms with Crippen LogP contribution < -0.4 is 5.19 Å². The molecule has 0 aliphatic heterocycles. The maximum Gasteiger partial charge on any atom is 0.270 e. The third kappa shape index (κ3) is 0.878. The number of hydrogen-bond acceptors (Lipinski definition) is 3. The Balaban J connectivity index is 2.76. The third-order valence-electron chi connectivity index (χ3n) is 0.561. The van der Waals surface area contributed by atoms with Gasteiger partial charge in [-0.05, 0) is 0 Å². The maximum atomic E-state index is 8.35. The highest BCUT2D eigenvalue weighted by atomic mass is 28.2. The van der Waals surface area contributed by atoms with Gasteiger partial charge in [-0.2, -0.15) is 0 Å². The van der Waals surface area contributed by atoms with Crippen LogP contribution in [0, 0.1) is 0 Å². The van der Waals surface area contributed by atoms with Gasteiger partial charge in [0.25, 0.3) is 9.76 Å². The van der Waals surface area contributed by atoms with Crippen LogP contribution in [-0.4, -0.2) is 19.7 Å². The highest BCUT2D eigenvalue weighted by molar-refractivity contribution is 6.45. The van der Waals surface area contributed by atoms with E-state index in [-0.39, 0.29) is 9.76 Å². The Hall–Kier alpha value is -0.613. The Kier molecular flexibility index (Phi) is 1.23. The molecule has 36 valence electrons. The van der Waals surface area contributed by atoms with Crippen molar-refractivity contribution in [1.82, 2.24) is 5.16 Å². The van der Waals surface area contributed by atoms with E-state index in [0.29, 0.717) is 0 Å². The molecule has 0 amide bonds. The molecule has 0 fully saturated rings. The van der Waals surface area contributed by atoms with E-state index in [1.807, 2.05) is 0 Å². The summed E-state index contributed by atoms with van der Waals surface area (Å²) in [6.07, 6.45) is 2.90. The van der Waals surface area contributed by atoms with Gasteiger partial charge in [0.1, 0.15) is 6.26 Å². The van der Waals surface area contributed by atoms with Gasteiger partial charge in [0.05, 0.1) is 6.20 Å². The van der Waals surface area contributed by atoms with Gasteiger partial charge in [-0.1, -0.05) is 5.16 Å². The molecule has 0 bridgehead atoms. The molecule has 0 spiro atoms. The van der Waals surface area contributed by atoms with Crippen LogP contribution in [0.25, 0.3) is 0 Å². The average Bonchev–Trinajstić information content (AvgIpc) is 2.14. The Morgan fingerprint density at radius 1 is 1.86 bits per heavy atom. The van der Waals surface area contributed by atoms with Crippen LogP contribution in [0.4, 0.5) is 0 Å².